The van der Waals surface area contributed by atoms with Gasteiger partial charge in [-0.05, 0) is 66.9 Å². The number of nitrogens with zero attached hydrogens (tertiary/aromatic N) is 2. The van der Waals surface area contributed by atoms with Gasteiger partial charge < -0.3 is 24.7 Å². The molecule has 11 nitrogen and oxygen atoms in total. The third-order valence-corrected chi connectivity index (χ3v) is 7.17. The number of ketones is 1. The lowest BCUT2D eigenvalue weighted by molar-refractivity contribution is -0.245. The normalized spacial score (nSPS) is 14.3. The second-order valence-electron chi connectivity index (χ2n) is 9.72. The molecule has 43 heavy (non-hydrogen) atoms. The molecule has 0 radical (unpaired) electrons. The molecule has 226 valence electrons. The van der Waals surface area contributed by atoms with Gasteiger partial charge in [-0.1, -0.05) is 29.8 Å². The number of carbonyl (C=O) groups is 4. The molecule has 3 aromatic carbocycles. The summed E-state index contributed by atoms with van der Waals surface area (Å²) in [6, 6.07) is 16.7. The van der Waals surface area contributed by atoms with Crippen LogP contribution in [0.5, 0.6) is 11.5 Å². The Balaban J connectivity index is 1.70. The topological polar surface area (TPSA) is 138 Å². The maximum Gasteiger partial charge on any atom is 0.381 e. The van der Waals surface area contributed by atoms with Gasteiger partial charge in [0.1, 0.15) is 11.5 Å². The summed E-state index contributed by atoms with van der Waals surface area (Å²) in [4.78, 5) is 53.8. The molecule has 0 spiro atoms. The minimum atomic E-state index is -2.07. The summed E-state index contributed by atoms with van der Waals surface area (Å²) in [5, 5.41) is 0.302. The maximum absolute atomic E-state index is 14.1. The fraction of sp³-hybridized carbons (Fsp3) is 0.290. The van der Waals surface area contributed by atoms with Gasteiger partial charge in [-0.3, -0.25) is 14.5 Å². The molecule has 12 heteroatoms. The van der Waals surface area contributed by atoms with E-state index < -0.39 is 29.7 Å². The van der Waals surface area contributed by atoms with Gasteiger partial charge in [0.05, 0.1) is 36.2 Å². The summed E-state index contributed by atoms with van der Waals surface area (Å²) >= 11 is 6.34. The van der Waals surface area contributed by atoms with Crippen molar-refractivity contribution in [2.24, 2.45) is 5.73 Å². The molecule has 0 aromatic heterocycles. The molecule has 2 N–H and O–H groups in total. The molecule has 1 unspecified atom stereocenters. The number of benzene rings is 3. The second-order valence-corrected chi connectivity index (χ2v) is 10.1. The van der Waals surface area contributed by atoms with Crippen LogP contribution in [-0.4, -0.2) is 61.9 Å². The minimum Gasteiger partial charge on any atom is -0.495 e. The number of para-hydroxylation sites is 1. The number of hydrogen-bond acceptors (Lipinski definition) is 9. The number of Topliss-reactive ketones (excluding diaryl/α,β-unsaturated/α-hetero) is 1. The van der Waals surface area contributed by atoms with E-state index in [-0.39, 0.29) is 23.5 Å². The second kappa shape index (κ2) is 13.6. The molecule has 0 bridgehead atoms. The van der Waals surface area contributed by atoms with E-state index in [2.05, 4.69) is 0 Å². The van der Waals surface area contributed by atoms with Crippen LogP contribution in [0, 0.1) is 0 Å². The van der Waals surface area contributed by atoms with Crippen LogP contribution in [0.3, 0.4) is 0 Å². The fourth-order valence-corrected chi connectivity index (χ4v) is 5.12. The first kappa shape index (κ1) is 31.3. The highest BCUT2D eigenvalue weighted by Crippen LogP contribution is 2.38. The third kappa shape index (κ3) is 6.90. The number of rotatable bonds is 11. The number of esters is 2. The number of primary amides is 1. The van der Waals surface area contributed by atoms with E-state index in [1.165, 1.54) is 50.3 Å². The summed E-state index contributed by atoms with van der Waals surface area (Å²) < 4.78 is 22.2. The number of methoxy groups -OCH3 is 2. The average molecular weight is 610 g/mol. The van der Waals surface area contributed by atoms with Gasteiger partial charge in [0, 0.05) is 26.4 Å². The molecule has 0 aliphatic carbocycles. The molecular weight excluding hydrogens is 578 g/mol. The Morgan fingerprint density at radius 1 is 0.953 bits per heavy atom. The van der Waals surface area contributed by atoms with Crippen molar-refractivity contribution in [2.75, 3.05) is 32.2 Å². The van der Waals surface area contributed by atoms with Gasteiger partial charge >= 0.3 is 23.9 Å². The Bertz CT molecular complexity index is 1510. The van der Waals surface area contributed by atoms with E-state index in [0.717, 1.165) is 12.8 Å². The maximum atomic E-state index is 14.1. The van der Waals surface area contributed by atoms with Gasteiger partial charge in [-0.15, -0.1) is 0 Å². The number of amides is 2. The van der Waals surface area contributed by atoms with Crippen LogP contribution in [0.15, 0.2) is 66.7 Å². The smallest absolute Gasteiger partial charge is 0.381 e. The van der Waals surface area contributed by atoms with Gasteiger partial charge in [-0.25, -0.2) is 14.5 Å². The Morgan fingerprint density at radius 3 is 2.21 bits per heavy atom. The highest BCUT2D eigenvalue weighted by atomic mass is 35.5. The molecule has 2 amide bonds. The summed E-state index contributed by atoms with van der Waals surface area (Å²) in [6.07, 6.45) is 1.33. The molecule has 4 rings (SSSR count). The molecule has 3 aromatic rings. The number of hydrogen-bond donors (Lipinski definition) is 1. The molecule has 0 saturated carbocycles. The quantitative estimate of drug-likeness (QED) is 0.239. The molecule has 1 aliphatic rings. The molecule has 1 saturated heterocycles. The van der Waals surface area contributed by atoms with Crippen molar-refractivity contribution in [3.05, 3.63) is 82.9 Å². The van der Waals surface area contributed by atoms with Crippen molar-refractivity contribution in [1.82, 2.24) is 4.90 Å². The van der Waals surface area contributed by atoms with E-state index in [1.807, 2.05) is 0 Å². The number of carbonyl (C=O) groups excluding carboxylic acids is 4. The van der Waals surface area contributed by atoms with E-state index in [1.54, 1.807) is 47.4 Å². The third-order valence-electron chi connectivity index (χ3n) is 6.85. The Labute approximate surface area is 254 Å². The number of anilines is 2. The first-order valence-electron chi connectivity index (χ1n) is 13.5. The molecule has 1 heterocycles. The number of halogens is 1. The van der Waals surface area contributed by atoms with E-state index in [4.69, 9.17) is 36.3 Å². The predicted octanol–water partition coefficient (Wildman–Crippen LogP) is 4.86. The van der Waals surface area contributed by atoms with Crippen molar-refractivity contribution in [1.29, 1.82) is 0 Å². The summed E-state index contributed by atoms with van der Waals surface area (Å²) in [6.45, 7) is 2.10. The number of likely N-dealkylation sites (tertiary alicyclic amines) is 1. The van der Waals surface area contributed by atoms with Crippen molar-refractivity contribution in [3.63, 3.8) is 0 Å². The van der Waals surface area contributed by atoms with Crippen LogP contribution in [0.1, 0.15) is 35.7 Å². The summed E-state index contributed by atoms with van der Waals surface area (Å²) in [5.41, 5.74) is 7.16. The van der Waals surface area contributed by atoms with Crippen LogP contribution in [0.25, 0.3) is 0 Å². The van der Waals surface area contributed by atoms with Gasteiger partial charge in [0.2, 0.25) is 5.78 Å². The van der Waals surface area contributed by atoms with Crippen LogP contribution in [0.2, 0.25) is 5.02 Å². The van der Waals surface area contributed by atoms with Crippen LogP contribution in [0.4, 0.5) is 16.2 Å². The van der Waals surface area contributed by atoms with Crippen molar-refractivity contribution in [2.45, 2.75) is 32.1 Å². The lowest BCUT2D eigenvalue weighted by Gasteiger charge is -2.38. The van der Waals surface area contributed by atoms with Crippen LogP contribution < -0.4 is 20.1 Å². The first-order chi connectivity index (χ1) is 20.6. The fourth-order valence-electron chi connectivity index (χ4n) is 4.90. The number of urea groups is 1. The lowest BCUT2D eigenvalue weighted by atomic mass is 10.0. The van der Waals surface area contributed by atoms with Crippen molar-refractivity contribution in [3.8, 4) is 11.5 Å². The zero-order valence-corrected chi connectivity index (χ0v) is 24.8. The monoisotopic (exact) mass is 609 g/mol. The standard InChI is InChI=1S/C31H32ClN3O8/c1-20(36)42-31(34-16-6-7-17-34,43-23-13-11-22(12-14-23)29(38)41-3)28(37)19-21-10-15-26(27(18-21)40-2)35(30(33)39)25-9-5-4-8-24(25)32/h4-5,8-15,18H,6-7,16-17,19H2,1-3H3,(H2,33,39). The largest absolute Gasteiger partial charge is 0.495 e. The van der Waals surface area contributed by atoms with Gasteiger partial charge in [0.25, 0.3) is 0 Å². The number of nitrogens with two attached hydrogens (primary N) is 1. The van der Waals surface area contributed by atoms with E-state index in [9.17, 15) is 19.2 Å². The van der Waals surface area contributed by atoms with Crippen LogP contribution in [-0.2, 0) is 25.5 Å². The molecule has 1 atom stereocenters. The Morgan fingerprint density at radius 2 is 1.63 bits per heavy atom. The number of ether oxygens (including phenoxy) is 4. The Kier molecular flexibility index (Phi) is 9.89. The summed E-state index contributed by atoms with van der Waals surface area (Å²) in [5.74, 6) is -3.40. The highest BCUT2D eigenvalue weighted by Gasteiger charge is 2.51. The Hall–Kier alpha value is -4.61. The molecular formula is C31H32ClN3O8. The first-order valence-corrected chi connectivity index (χ1v) is 13.8. The molecule has 1 aliphatic heterocycles. The lowest BCUT2D eigenvalue weighted by Crippen LogP contribution is -2.61. The van der Waals surface area contributed by atoms with Gasteiger partial charge in [-0.2, -0.15) is 0 Å². The minimum absolute atomic E-state index is 0.207. The van der Waals surface area contributed by atoms with E-state index >= 15 is 0 Å². The molecule has 1 fully saturated rings. The van der Waals surface area contributed by atoms with Crippen LogP contribution >= 0.6 is 11.6 Å². The highest BCUT2D eigenvalue weighted by molar-refractivity contribution is 6.34. The van der Waals surface area contributed by atoms with Gasteiger partial charge in [0.15, 0.2) is 0 Å². The van der Waals surface area contributed by atoms with Crippen molar-refractivity contribution < 1.29 is 38.1 Å². The van der Waals surface area contributed by atoms with E-state index in [0.29, 0.717) is 35.1 Å². The predicted molar refractivity (Wildman–Crippen MR) is 159 cm³/mol. The summed E-state index contributed by atoms with van der Waals surface area (Å²) in [7, 11) is 2.69. The zero-order valence-electron chi connectivity index (χ0n) is 24.0. The van der Waals surface area contributed by atoms with Crippen molar-refractivity contribution >= 4 is 46.7 Å². The zero-order chi connectivity index (χ0) is 31.1. The SMILES string of the molecule is COC(=O)c1ccc(OC(OC(C)=O)(C(=O)Cc2ccc(N(C(N)=O)c3ccccc3Cl)c(OC)c2)N2CCCC2)cc1. The average Bonchev–Trinajstić information content (AvgIpc) is 3.54.